The molecule has 1 aliphatic rings. The number of alkyl halides is 2. The van der Waals surface area contributed by atoms with Crippen LogP contribution >= 0.6 is 0 Å². The number of Topliss-reactive ketones (excluding diaryl/α,β-unsaturated/α-hetero) is 1. The second kappa shape index (κ2) is 9.69. The number of carbonyl (C=O) groups excluding carboxylic acids is 2. The zero-order chi connectivity index (χ0) is 22.7. The summed E-state index contributed by atoms with van der Waals surface area (Å²) < 4.78 is 34.0. The molecule has 0 spiro atoms. The molecular formula is C17H30F2N2O8. The van der Waals surface area contributed by atoms with Gasteiger partial charge in [0.1, 0.15) is 24.4 Å². The average molecular weight is 428 g/mol. The van der Waals surface area contributed by atoms with Crippen molar-refractivity contribution >= 4 is 11.7 Å². The van der Waals surface area contributed by atoms with Crippen molar-refractivity contribution in [3.05, 3.63) is 0 Å². The van der Waals surface area contributed by atoms with Crippen LogP contribution in [0, 0.1) is 5.92 Å². The maximum atomic E-state index is 14.7. The van der Waals surface area contributed by atoms with Crippen LogP contribution in [0.25, 0.3) is 0 Å². The number of rotatable bonds is 9. The third-order valence-corrected chi connectivity index (χ3v) is 4.77. The van der Waals surface area contributed by atoms with Gasteiger partial charge in [-0.3, -0.25) is 9.59 Å². The summed E-state index contributed by atoms with van der Waals surface area (Å²) >= 11 is 0. The largest absolute Gasteiger partial charge is 0.394 e. The molecule has 0 aromatic rings. The molecule has 1 fully saturated rings. The molecule has 0 aromatic heterocycles. The van der Waals surface area contributed by atoms with Crippen LogP contribution in [-0.2, 0) is 14.3 Å². The minimum absolute atomic E-state index is 0.182. The Morgan fingerprint density at radius 1 is 1.21 bits per heavy atom. The summed E-state index contributed by atoms with van der Waals surface area (Å²) in [5.74, 6) is -10.2. The van der Waals surface area contributed by atoms with E-state index >= 15 is 0 Å². The molecule has 1 rings (SSSR count). The Hall–Kier alpha value is -1.28. The molecule has 0 aliphatic carbocycles. The van der Waals surface area contributed by atoms with Crippen LogP contribution in [0.4, 0.5) is 8.78 Å². The first-order chi connectivity index (χ1) is 13.2. The fourth-order valence-electron chi connectivity index (χ4n) is 2.97. The lowest BCUT2D eigenvalue weighted by molar-refractivity contribution is -0.412. The van der Waals surface area contributed by atoms with Crippen LogP contribution in [0.1, 0.15) is 33.6 Å². The van der Waals surface area contributed by atoms with E-state index in [9.17, 15) is 38.8 Å². The van der Waals surface area contributed by atoms with E-state index in [1.54, 1.807) is 13.8 Å². The average Bonchev–Trinajstić information content (AvgIpc) is 2.61. The van der Waals surface area contributed by atoms with Gasteiger partial charge in [-0.25, -0.2) is 8.78 Å². The van der Waals surface area contributed by atoms with E-state index in [-0.39, 0.29) is 6.04 Å². The van der Waals surface area contributed by atoms with Crippen LogP contribution in [0.2, 0.25) is 0 Å². The summed E-state index contributed by atoms with van der Waals surface area (Å²) in [6.07, 6.45) is -10.5. The number of ketones is 1. The van der Waals surface area contributed by atoms with Crippen molar-refractivity contribution in [3.63, 3.8) is 0 Å². The van der Waals surface area contributed by atoms with Crippen molar-refractivity contribution in [1.82, 2.24) is 5.32 Å². The lowest BCUT2D eigenvalue weighted by Gasteiger charge is -2.48. The number of aliphatic hydroxyl groups excluding tert-OH is 4. The van der Waals surface area contributed by atoms with Crippen LogP contribution in [0.3, 0.4) is 0 Å². The number of carbonyl (C=O) groups is 2. The van der Waals surface area contributed by atoms with Gasteiger partial charge in [-0.1, -0.05) is 6.92 Å². The number of amides is 1. The summed E-state index contributed by atoms with van der Waals surface area (Å²) in [5, 5.41) is 51.1. The maximum absolute atomic E-state index is 14.7. The Morgan fingerprint density at radius 2 is 1.76 bits per heavy atom. The highest BCUT2D eigenvalue weighted by Gasteiger charge is 2.66. The van der Waals surface area contributed by atoms with Crippen molar-refractivity contribution in [3.8, 4) is 0 Å². The summed E-state index contributed by atoms with van der Waals surface area (Å²) in [4.78, 5) is 24.0. The fourth-order valence-corrected chi connectivity index (χ4v) is 2.97. The summed E-state index contributed by atoms with van der Waals surface area (Å²) in [6.45, 7) is 3.81. The molecule has 170 valence electrons. The fraction of sp³-hybridized carbons (Fsp3) is 0.882. The molecule has 0 bridgehead atoms. The van der Waals surface area contributed by atoms with Gasteiger partial charge in [-0.15, -0.1) is 0 Å². The van der Waals surface area contributed by atoms with E-state index < -0.39 is 79.2 Å². The predicted molar refractivity (Wildman–Crippen MR) is 94.5 cm³/mol. The third-order valence-electron chi connectivity index (χ3n) is 4.77. The van der Waals surface area contributed by atoms with E-state index in [0.29, 0.717) is 0 Å². The van der Waals surface area contributed by atoms with Gasteiger partial charge in [0, 0.05) is 24.8 Å². The molecule has 1 amide bonds. The summed E-state index contributed by atoms with van der Waals surface area (Å²) in [7, 11) is 0. The zero-order valence-electron chi connectivity index (χ0n) is 16.5. The summed E-state index contributed by atoms with van der Waals surface area (Å²) in [5.41, 5.74) is 5.52. The number of nitrogens with one attached hydrogen (secondary N) is 1. The third kappa shape index (κ3) is 5.66. The molecule has 12 heteroatoms. The highest BCUT2D eigenvalue weighted by atomic mass is 19.3. The molecule has 1 unspecified atom stereocenters. The van der Waals surface area contributed by atoms with Crippen molar-refractivity contribution in [1.29, 1.82) is 0 Å². The molecule has 0 saturated carbocycles. The molecule has 1 aliphatic heterocycles. The second-order valence-electron chi connectivity index (χ2n) is 7.71. The lowest BCUT2D eigenvalue weighted by Crippen LogP contribution is -2.72. The first-order valence-electron chi connectivity index (χ1n) is 9.19. The normalized spacial score (nSPS) is 32.7. The number of nitrogens with two attached hydrogens (primary N) is 1. The molecular weight excluding hydrogens is 398 g/mol. The molecule has 7 atom stereocenters. The van der Waals surface area contributed by atoms with Gasteiger partial charge >= 0.3 is 5.92 Å². The topological polar surface area (TPSA) is 183 Å². The molecule has 0 radical (unpaired) electrons. The molecule has 0 aromatic carbocycles. The minimum atomic E-state index is -4.35. The van der Waals surface area contributed by atoms with Gasteiger partial charge < -0.3 is 41.3 Å². The summed E-state index contributed by atoms with van der Waals surface area (Å²) in [6, 6.07) is -2.01. The van der Waals surface area contributed by atoms with E-state index in [1.165, 1.54) is 6.92 Å². The SMILES string of the molecule is CC(C)NC(=O)[C@H](C)CC(=O)C(N)CC(F)(F)[C@]1(O)O[C@H](CO)[C@H](O)[C@H](O)[C@H]1O. The Morgan fingerprint density at radius 3 is 2.24 bits per heavy atom. The number of ether oxygens (including phenoxy) is 1. The number of halogens is 2. The van der Waals surface area contributed by atoms with E-state index in [4.69, 9.17) is 10.8 Å². The number of hydrogen-bond donors (Lipinski definition) is 7. The molecule has 29 heavy (non-hydrogen) atoms. The second-order valence-corrected chi connectivity index (χ2v) is 7.71. The quantitative estimate of drug-likeness (QED) is 0.211. The highest BCUT2D eigenvalue weighted by Crippen LogP contribution is 2.42. The lowest BCUT2D eigenvalue weighted by atomic mass is 9.85. The van der Waals surface area contributed by atoms with Crippen molar-refractivity contribution < 1.29 is 48.6 Å². The van der Waals surface area contributed by atoms with Crippen molar-refractivity contribution in [2.45, 2.75) is 81.8 Å². The Kier molecular flexibility index (Phi) is 8.60. The van der Waals surface area contributed by atoms with Crippen LogP contribution in [0.15, 0.2) is 0 Å². The van der Waals surface area contributed by atoms with Crippen LogP contribution in [0.5, 0.6) is 0 Å². The van der Waals surface area contributed by atoms with Crippen LogP contribution < -0.4 is 11.1 Å². The molecule has 1 heterocycles. The van der Waals surface area contributed by atoms with Crippen molar-refractivity contribution in [2.24, 2.45) is 11.7 Å². The van der Waals surface area contributed by atoms with E-state index in [2.05, 4.69) is 10.1 Å². The first-order valence-corrected chi connectivity index (χ1v) is 9.19. The van der Waals surface area contributed by atoms with Crippen LogP contribution in [-0.4, -0.2) is 92.0 Å². The standard InChI is InChI=1S/C17H30F2N2O8/c1-7(2)21-15(27)8(3)4-10(23)9(20)5-16(18,19)17(28)14(26)13(25)12(24)11(6-22)29-17/h7-9,11-14,22,24-26,28H,4-6,20H2,1-3H3,(H,21,27)/t8-,9?,11-,12+,13+,14-,17-/m1/s1. The predicted octanol–water partition coefficient (Wildman–Crippen LogP) is -2.38. The Balaban J connectivity index is 2.88. The number of hydrogen-bond acceptors (Lipinski definition) is 9. The molecule has 8 N–H and O–H groups in total. The Bertz CT molecular complexity index is 592. The number of aliphatic hydroxyl groups is 5. The molecule has 1 saturated heterocycles. The van der Waals surface area contributed by atoms with E-state index in [0.717, 1.165) is 0 Å². The first kappa shape index (κ1) is 25.8. The molecule has 10 nitrogen and oxygen atoms in total. The van der Waals surface area contributed by atoms with Crippen molar-refractivity contribution in [2.75, 3.05) is 6.61 Å². The van der Waals surface area contributed by atoms with Gasteiger partial charge in [0.05, 0.1) is 12.6 Å². The highest BCUT2D eigenvalue weighted by molar-refractivity contribution is 5.89. The maximum Gasteiger partial charge on any atom is 0.305 e. The monoisotopic (exact) mass is 428 g/mol. The van der Waals surface area contributed by atoms with Gasteiger partial charge in [0.2, 0.25) is 5.91 Å². The van der Waals surface area contributed by atoms with Gasteiger partial charge in [0.15, 0.2) is 5.78 Å². The Labute approximate surface area is 166 Å². The smallest absolute Gasteiger partial charge is 0.305 e. The minimum Gasteiger partial charge on any atom is -0.394 e. The van der Waals surface area contributed by atoms with Gasteiger partial charge in [0.25, 0.3) is 5.79 Å². The zero-order valence-corrected chi connectivity index (χ0v) is 16.5. The van der Waals surface area contributed by atoms with E-state index in [1.807, 2.05) is 0 Å². The van der Waals surface area contributed by atoms with Gasteiger partial charge in [-0.05, 0) is 13.8 Å². The van der Waals surface area contributed by atoms with Gasteiger partial charge in [-0.2, -0.15) is 0 Å².